The highest BCUT2D eigenvalue weighted by Crippen LogP contribution is 2.29. The lowest BCUT2D eigenvalue weighted by Gasteiger charge is -2.37. The number of nitrogens with zero attached hydrogens (tertiary/aromatic N) is 6. The van der Waals surface area contributed by atoms with E-state index in [0.29, 0.717) is 37.5 Å². The molecule has 0 aromatic carbocycles. The molecular formula is C20H29N7O2. The van der Waals surface area contributed by atoms with Crippen molar-refractivity contribution in [1.82, 2.24) is 24.9 Å². The van der Waals surface area contributed by atoms with E-state index in [2.05, 4.69) is 19.9 Å². The minimum absolute atomic E-state index is 0.227. The van der Waals surface area contributed by atoms with Gasteiger partial charge in [-0.05, 0) is 25.0 Å². The first-order chi connectivity index (χ1) is 14.0. The van der Waals surface area contributed by atoms with Crippen LogP contribution in [0.25, 0.3) is 22.4 Å². The lowest BCUT2D eigenvalue weighted by atomic mass is 9.93. The van der Waals surface area contributed by atoms with Crippen LogP contribution in [0.4, 0.5) is 11.8 Å². The molecule has 0 spiro atoms. The number of aliphatic hydroxyl groups excluding tert-OH is 1. The van der Waals surface area contributed by atoms with Crippen molar-refractivity contribution in [3.63, 3.8) is 0 Å². The van der Waals surface area contributed by atoms with Crippen molar-refractivity contribution in [3.8, 4) is 11.3 Å². The number of anilines is 2. The largest absolute Gasteiger partial charge is 0.393 e. The maximum Gasteiger partial charge on any atom is 0.228 e. The maximum atomic E-state index is 10.2. The number of aliphatic hydroxyl groups is 2. The molecule has 0 aliphatic carbocycles. The van der Waals surface area contributed by atoms with Crippen LogP contribution >= 0.6 is 0 Å². The van der Waals surface area contributed by atoms with Crippen molar-refractivity contribution in [2.24, 2.45) is 0 Å². The van der Waals surface area contributed by atoms with Crippen LogP contribution in [0.2, 0.25) is 0 Å². The second-order valence-corrected chi connectivity index (χ2v) is 7.14. The van der Waals surface area contributed by atoms with Crippen LogP contribution in [0.1, 0.15) is 26.7 Å². The molecule has 1 fully saturated rings. The smallest absolute Gasteiger partial charge is 0.228 e. The predicted octanol–water partition coefficient (Wildman–Crippen LogP) is 1.83. The fraction of sp³-hybridized carbons (Fsp3) is 0.500. The number of aromatic nitrogens is 5. The molecular weight excluding hydrogens is 370 g/mol. The average molecular weight is 399 g/mol. The van der Waals surface area contributed by atoms with Gasteiger partial charge in [0.1, 0.15) is 17.0 Å². The SMILES string of the molecule is CC.CN(C)c1ccc(-c2nc(N3CCC(O)(CO)CC3)nc3nc[nH]c23)cn1. The van der Waals surface area contributed by atoms with Crippen LogP contribution < -0.4 is 9.80 Å². The summed E-state index contributed by atoms with van der Waals surface area (Å²) in [6.07, 6.45) is 4.34. The third-order valence-electron chi connectivity index (χ3n) is 5.02. The molecule has 156 valence electrons. The Morgan fingerprint density at radius 3 is 2.45 bits per heavy atom. The fourth-order valence-corrected chi connectivity index (χ4v) is 3.24. The van der Waals surface area contributed by atoms with E-state index in [9.17, 15) is 10.2 Å². The first-order valence-electron chi connectivity index (χ1n) is 9.92. The lowest BCUT2D eigenvalue weighted by molar-refractivity contribution is -0.0327. The summed E-state index contributed by atoms with van der Waals surface area (Å²) in [5, 5.41) is 19.6. The standard InChI is InChI=1S/C18H23N7O2.C2H6/c1-24(2)13-4-3-12(9-19-13)14-15-16(21-11-20-15)23-17(22-14)25-7-5-18(27,10-26)6-8-25;1-2/h3-4,9,11,26-27H,5-8,10H2,1-2H3,(H,20,21,22,23);1-2H3. The van der Waals surface area contributed by atoms with E-state index in [1.165, 1.54) is 0 Å². The summed E-state index contributed by atoms with van der Waals surface area (Å²) >= 11 is 0. The van der Waals surface area contributed by atoms with Crippen molar-refractivity contribution in [2.75, 3.05) is 43.6 Å². The van der Waals surface area contributed by atoms with Gasteiger partial charge in [0.25, 0.3) is 0 Å². The third kappa shape index (κ3) is 4.30. The predicted molar refractivity (Wildman–Crippen MR) is 114 cm³/mol. The number of fused-ring (bicyclic) bond motifs is 1. The molecule has 1 aliphatic heterocycles. The zero-order chi connectivity index (χ0) is 21.0. The Morgan fingerprint density at radius 1 is 1.14 bits per heavy atom. The van der Waals surface area contributed by atoms with Crippen LogP contribution in [0.5, 0.6) is 0 Å². The first-order valence-corrected chi connectivity index (χ1v) is 9.92. The van der Waals surface area contributed by atoms with Gasteiger partial charge in [0, 0.05) is 38.9 Å². The van der Waals surface area contributed by atoms with Gasteiger partial charge in [0.05, 0.1) is 18.5 Å². The Hall–Kier alpha value is -2.78. The van der Waals surface area contributed by atoms with Crippen molar-refractivity contribution >= 4 is 22.9 Å². The number of hydrogen-bond acceptors (Lipinski definition) is 8. The molecule has 3 aromatic rings. The molecule has 9 heteroatoms. The molecule has 0 atom stereocenters. The zero-order valence-corrected chi connectivity index (χ0v) is 17.4. The van der Waals surface area contributed by atoms with Gasteiger partial charge in [-0.25, -0.2) is 15.0 Å². The van der Waals surface area contributed by atoms with Gasteiger partial charge in [-0.2, -0.15) is 4.98 Å². The van der Waals surface area contributed by atoms with E-state index >= 15 is 0 Å². The Kier molecular flexibility index (Phi) is 6.29. The summed E-state index contributed by atoms with van der Waals surface area (Å²) in [5.41, 5.74) is 1.97. The minimum atomic E-state index is -1.01. The van der Waals surface area contributed by atoms with Crippen molar-refractivity contribution in [2.45, 2.75) is 32.3 Å². The molecule has 1 saturated heterocycles. The van der Waals surface area contributed by atoms with Gasteiger partial charge in [-0.1, -0.05) is 13.8 Å². The third-order valence-corrected chi connectivity index (χ3v) is 5.02. The summed E-state index contributed by atoms with van der Waals surface area (Å²) in [6, 6.07) is 3.93. The zero-order valence-electron chi connectivity index (χ0n) is 17.4. The highest BCUT2D eigenvalue weighted by Gasteiger charge is 2.32. The normalized spacial score (nSPS) is 15.7. The molecule has 4 heterocycles. The van der Waals surface area contributed by atoms with Gasteiger partial charge in [0.2, 0.25) is 5.95 Å². The van der Waals surface area contributed by atoms with Crippen LogP contribution in [-0.4, -0.2) is 74.5 Å². The van der Waals surface area contributed by atoms with E-state index in [1.807, 2.05) is 49.9 Å². The van der Waals surface area contributed by atoms with E-state index < -0.39 is 5.60 Å². The van der Waals surface area contributed by atoms with Crippen LogP contribution in [0.15, 0.2) is 24.7 Å². The molecule has 0 unspecified atom stereocenters. The average Bonchev–Trinajstić information content (AvgIpc) is 3.24. The molecule has 0 radical (unpaired) electrons. The number of piperidine rings is 1. The van der Waals surface area contributed by atoms with Crippen molar-refractivity contribution < 1.29 is 10.2 Å². The highest BCUT2D eigenvalue weighted by atomic mass is 16.3. The van der Waals surface area contributed by atoms with Gasteiger partial charge in [-0.3, -0.25) is 0 Å². The summed E-state index contributed by atoms with van der Waals surface area (Å²) < 4.78 is 0. The van der Waals surface area contributed by atoms with E-state index in [4.69, 9.17) is 4.98 Å². The monoisotopic (exact) mass is 399 g/mol. The van der Waals surface area contributed by atoms with Gasteiger partial charge < -0.3 is 25.0 Å². The number of imidazole rings is 1. The Balaban J connectivity index is 0.00000117. The van der Waals surface area contributed by atoms with E-state index in [-0.39, 0.29) is 6.61 Å². The number of H-pyrrole nitrogens is 1. The van der Waals surface area contributed by atoms with Crippen molar-refractivity contribution in [3.05, 3.63) is 24.7 Å². The molecule has 4 rings (SSSR count). The highest BCUT2D eigenvalue weighted by molar-refractivity contribution is 5.88. The second-order valence-electron chi connectivity index (χ2n) is 7.14. The summed E-state index contributed by atoms with van der Waals surface area (Å²) in [4.78, 5) is 25.2. The molecule has 29 heavy (non-hydrogen) atoms. The van der Waals surface area contributed by atoms with Gasteiger partial charge in [-0.15, -0.1) is 0 Å². The Bertz CT molecular complexity index is 932. The summed E-state index contributed by atoms with van der Waals surface area (Å²) in [7, 11) is 3.89. The first kappa shape index (κ1) is 20.9. The fourth-order valence-electron chi connectivity index (χ4n) is 3.24. The summed E-state index contributed by atoms with van der Waals surface area (Å²) in [5.74, 6) is 1.44. The number of rotatable bonds is 4. The molecule has 3 N–H and O–H groups in total. The second kappa shape index (κ2) is 8.71. The van der Waals surface area contributed by atoms with E-state index in [0.717, 1.165) is 22.6 Å². The Labute approximate surface area is 170 Å². The van der Waals surface area contributed by atoms with E-state index in [1.54, 1.807) is 12.5 Å². The molecule has 0 amide bonds. The molecule has 9 nitrogen and oxygen atoms in total. The lowest BCUT2D eigenvalue weighted by Crippen LogP contribution is -2.47. The molecule has 3 aromatic heterocycles. The molecule has 0 bridgehead atoms. The maximum absolute atomic E-state index is 10.2. The van der Waals surface area contributed by atoms with Gasteiger partial charge in [0.15, 0.2) is 5.65 Å². The van der Waals surface area contributed by atoms with Crippen LogP contribution in [0.3, 0.4) is 0 Å². The van der Waals surface area contributed by atoms with Crippen LogP contribution in [0, 0.1) is 0 Å². The van der Waals surface area contributed by atoms with Gasteiger partial charge >= 0.3 is 0 Å². The number of aromatic amines is 1. The molecule has 0 saturated carbocycles. The Morgan fingerprint density at radius 2 is 1.86 bits per heavy atom. The number of pyridine rings is 1. The number of hydrogen-bond donors (Lipinski definition) is 3. The van der Waals surface area contributed by atoms with Crippen LogP contribution in [-0.2, 0) is 0 Å². The number of nitrogens with one attached hydrogen (secondary N) is 1. The summed E-state index contributed by atoms with van der Waals surface area (Å²) in [6.45, 7) is 4.92. The molecule has 1 aliphatic rings. The van der Waals surface area contributed by atoms with Crippen molar-refractivity contribution in [1.29, 1.82) is 0 Å². The quantitative estimate of drug-likeness (QED) is 0.609. The topological polar surface area (TPSA) is 114 Å². The minimum Gasteiger partial charge on any atom is -0.393 e.